The molecule has 23 heavy (non-hydrogen) atoms. The van der Waals surface area contributed by atoms with Crippen molar-refractivity contribution >= 4 is 5.82 Å². The van der Waals surface area contributed by atoms with Gasteiger partial charge in [0.05, 0.1) is 12.8 Å². The van der Waals surface area contributed by atoms with Crippen molar-refractivity contribution in [3.63, 3.8) is 0 Å². The fraction of sp³-hybridized carbons (Fsp3) is 0.0588. The van der Waals surface area contributed by atoms with Gasteiger partial charge in [0.1, 0.15) is 34.7 Å². The Labute approximate surface area is 132 Å². The molecule has 114 valence electrons. The predicted octanol–water partition coefficient (Wildman–Crippen LogP) is 3.14. The van der Waals surface area contributed by atoms with Crippen molar-refractivity contribution in [3.05, 3.63) is 59.9 Å². The number of nitrogens with zero attached hydrogens (tertiary/aromatic N) is 3. The molecule has 0 radical (unpaired) electrons. The minimum Gasteiger partial charge on any atom is -0.497 e. The standard InChI is InChI=1S/C17H13FN4O/c1-23-12-6-4-5-11(9-12)22-17(20)14(10-19)16(21-22)13-7-2-3-8-15(13)18/h2-9H,20H2,1H3. The molecule has 3 rings (SSSR count). The number of benzene rings is 2. The second-order valence-electron chi connectivity index (χ2n) is 4.81. The van der Waals surface area contributed by atoms with E-state index in [-0.39, 0.29) is 22.6 Å². The van der Waals surface area contributed by atoms with Gasteiger partial charge in [0.15, 0.2) is 0 Å². The van der Waals surface area contributed by atoms with E-state index in [0.717, 1.165) is 0 Å². The smallest absolute Gasteiger partial charge is 0.145 e. The van der Waals surface area contributed by atoms with Gasteiger partial charge in [0.25, 0.3) is 0 Å². The molecule has 0 saturated carbocycles. The first-order valence-electron chi connectivity index (χ1n) is 6.83. The number of hydrogen-bond donors (Lipinski definition) is 1. The number of halogens is 1. The maximum atomic E-state index is 14.0. The number of aromatic nitrogens is 2. The first-order chi connectivity index (χ1) is 11.2. The topological polar surface area (TPSA) is 76.9 Å². The summed E-state index contributed by atoms with van der Waals surface area (Å²) in [6.07, 6.45) is 0. The summed E-state index contributed by atoms with van der Waals surface area (Å²) >= 11 is 0. The Bertz CT molecular complexity index is 911. The van der Waals surface area contributed by atoms with E-state index in [2.05, 4.69) is 5.10 Å². The molecule has 6 heteroatoms. The zero-order chi connectivity index (χ0) is 16.4. The number of hydrogen-bond acceptors (Lipinski definition) is 4. The second-order valence-corrected chi connectivity index (χ2v) is 4.81. The number of ether oxygens (including phenoxy) is 1. The predicted molar refractivity (Wildman–Crippen MR) is 84.6 cm³/mol. The summed E-state index contributed by atoms with van der Waals surface area (Å²) in [7, 11) is 1.55. The van der Waals surface area contributed by atoms with Crippen LogP contribution in [0, 0.1) is 17.1 Å². The molecule has 0 aliphatic rings. The van der Waals surface area contributed by atoms with Crippen LogP contribution in [0.4, 0.5) is 10.2 Å². The van der Waals surface area contributed by atoms with Crippen LogP contribution in [0.15, 0.2) is 48.5 Å². The number of nitrogen functional groups attached to an aromatic ring is 1. The fourth-order valence-electron chi connectivity index (χ4n) is 2.32. The lowest BCUT2D eigenvalue weighted by atomic mass is 10.1. The van der Waals surface area contributed by atoms with Crippen molar-refractivity contribution < 1.29 is 9.13 Å². The Morgan fingerprint density at radius 1 is 1.22 bits per heavy atom. The highest BCUT2D eigenvalue weighted by molar-refractivity contribution is 5.74. The molecule has 1 aromatic heterocycles. The van der Waals surface area contributed by atoms with Crippen molar-refractivity contribution in [2.24, 2.45) is 0 Å². The molecule has 2 aromatic carbocycles. The minimum absolute atomic E-state index is 0.137. The fourth-order valence-corrected chi connectivity index (χ4v) is 2.32. The number of anilines is 1. The van der Waals surface area contributed by atoms with E-state index in [1.807, 2.05) is 6.07 Å². The quantitative estimate of drug-likeness (QED) is 0.806. The third-order valence-electron chi connectivity index (χ3n) is 3.46. The molecule has 0 spiro atoms. The summed E-state index contributed by atoms with van der Waals surface area (Å²) in [6, 6.07) is 15.2. The normalized spacial score (nSPS) is 10.3. The summed E-state index contributed by atoms with van der Waals surface area (Å²) in [5.74, 6) is 0.321. The number of rotatable bonds is 3. The maximum Gasteiger partial charge on any atom is 0.145 e. The maximum absolute atomic E-state index is 14.0. The van der Waals surface area contributed by atoms with Crippen LogP contribution in [0.1, 0.15) is 5.56 Å². The average molecular weight is 308 g/mol. The van der Waals surface area contributed by atoms with Crippen molar-refractivity contribution in [3.8, 4) is 28.8 Å². The van der Waals surface area contributed by atoms with Gasteiger partial charge in [0.2, 0.25) is 0 Å². The van der Waals surface area contributed by atoms with E-state index in [1.54, 1.807) is 49.6 Å². The zero-order valence-electron chi connectivity index (χ0n) is 12.3. The lowest BCUT2D eigenvalue weighted by Gasteiger charge is -2.06. The molecule has 0 amide bonds. The Morgan fingerprint density at radius 2 is 2.00 bits per heavy atom. The van der Waals surface area contributed by atoms with Gasteiger partial charge in [0, 0.05) is 11.6 Å². The van der Waals surface area contributed by atoms with Crippen molar-refractivity contribution in [2.75, 3.05) is 12.8 Å². The molecule has 0 bridgehead atoms. The molecule has 5 nitrogen and oxygen atoms in total. The van der Waals surface area contributed by atoms with Crippen LogP contribution in [0.3, 0.4) is 0 Å². The molecule has 3 aromatic rings. The van der Waals surface area contributed by atoms with Crippen LogP contribution in [0.25, 0.3) is 16.9 Å². The molecular weight excluding hydrogens is 295 g/mol. The molecule has 0 saturated heterocycles. The third-order valence-corrected chi connectivity index (χ3v) is 3.46. The summed E-state index contributed by atoms with van der Waals surface area (Å²) < 4.78 is 20.6. The van der Waals surface area contributed by atoms with Crippen molar-refractivity contribution in [2.45, 2.75) is 0 Å². The van der Waals surface area contributed by atoms with Crippen molar-refractivity contribution in [1.29, 1.82) is 5.26 Å². The van der Waals surface area contributed by atoms with E-state index >= 15 is 0 Å². The molecule has 1 heterocycles. The van der Waals surface area contributed by atoms with Gasteiger partial charge in [-0.2, -0.15) is 10.4 Å². The molecule has 0 aliphatic heterocycles. The third kappa shape index (κ3) is 2.49. The van der Waals surface area contributed by atoms with Crippen LogP contribution in [-0.2, 0) is 0 Å². The SMILES string of the molecule is COc1cccc(-n2nc(-c3ccccc3F)c(C#N)c2N)c1. The van der Waals surface area contributed by atoms with Crippen LogP contribution >= 0.6 is 0 Å². The summed E-state index contributed by atoms with van der Waals surface area (Å²) in [5.41, 5.74) is 7.25. The van der Waals surface area contributed by atoms with Gasteiger partial charge >= 0.3 is 0 Å². The van der Waals surface area contributed by atoms with Gasteiger partial charge in [-0.05, 0) is 24.3 Å². The minimum atomic E-state index is -0.459. The van der Waals surface area contributed by atoms with Gasteiger partial charge in [-0.1, -0.05) is 18.2 Å². The first kappa shape index (κ1) is 14.6. The summed E-state index contributed by atoms with van der Waals surface area (Å²) in [6.45, 7) is 0. The van der Waals surface area contributed by atoms with Gasteiger partial charge in [-0.25, -0.2) is 9.07 Å². The first-order valence-corrected chi connectivity index (χ1v) is 6.83. The van der Waals surface area contributed by atoms with Crippen LogP contribution < -0.4 is 10.5 Å². The lowest BCUT2D eigenvalue weighted by Crippen LogP contribution is -2.02. The molecule has 0 atom stereocenters. The number of nitrogens with two attached hydrogens (primary N) is 1. The highest BCUT2D eigenvalue weighted by atomic mass is 19.1. The summed E-state index contributed by atoms with van der Waals surface area (Å²) in [4.78, 5) is 0. The lowest BCUT2D eigenvalue weighted by molar-refractivity contribution is 0.414. The molecule has 0 aliphatic carbocycles. The molecule has 0 unspecified atom stereocenters. The van der Waals surface area contributed by atoms with E-state index in [9.17, 15) is 9.65 Å². The largest absolute Gasteiger partial charge is 0.497 e. The van der Waals surface area contributed by atoms with Gasteiger partial charge in [-0.3, -0.25) is 0 Å². The molecule has 0 fully saturated rings. The Kier molecular flexibility index (Phi) is 3.69. The van der Waals surface area contributed by atoms with Crippen LogP contribution in [0.2, 0.25) is 0 Å². The number of methoxy groups -OCH3 is 1. The zero-order valence-corrected chi connectivity index (χ0v) is 12.3. The Balaban J connectivity index is 2.22. The second kappa shape index (κ2) is 5.81. The van der Waals surface area contributed by atoms with Gasteiger partial charge in [-0.15, -0.1) is 0 Å². The highest BCUT2D eigenvalue weighted by Gasteiger charge is 2.20. The number of nitriles is 1. The highest BCUT2D eigenvalue weighted by Crippen LogP contribution is 2.30. The van der Waals surface area contributed by atoms with E-state index < -0.39 is 5.82 Å². The van der Waals surface area contributed by atoms with Gasteiger partial charge < -0.3 is 10.5 Å². The van der Waals surface area contributed by atoms with E-state index in [0.29, 0.717) is 11.4 Å². The Morgan fingerprint density at radius 3 is 2.70 bits per heavy atom. The van der Waals surface area contributed by atoms with E-state index in [1.165, 1.54) is 10.7 Å². The average Bonchev–Trinajstić information content (AvgIpc) is 2.91. The van der Waals surface area contributed by atoms with E-state index in [4.69, 9.17) is 10.5 Å². The van der Waals surface area contributed by atoms with Crippen LogP contribution in [0.5, 0.6) is 5.75 Å². The molecular formula is C17H13FN4O. The monoisotopic (exact) mass is 308 g/mol. The van der Waals surface area contributed by atoms with Crippen molar-refractivity contribution in [1.82, 2.24) is 9.78 Å². The molecule has 2 N–H and O–H groups in total. The summed E-state index contributed by atoms with van der Waals surface area (Å²) in [5, 5.41) is 13.7. The Hall–Kier alpha value is -3.33. The van der Waals surface area contributed by atoms with Crippen LogP contribution in [-0.4, -0.2) is 16.9 Å².